The van der Waals surface area contributed by atoms with E-state index in [9.17, 15) is 0 Å². The molecule has 1 aliphatic heterocycles. The zero-order chi connectivity index (χ0) is 11.5. The molecule has 1 aromatic heterocycles. The highest BCUT2D eigenvalue weighted by Gasteiger charge is 2.23. The standard InChI is InChI=1S/C13H21N3O/c1-2-4-11(14-9-3-1)13-15-12(17-16-13)8-7-10-5-6-10/h10-11,14H,1-9H2/t11-/m0/s1. The van der Waals surface area contributed by atoms with E-state index in [4.69, 9.17) is 4.52 Å². The Hall–Kier alpha value is -0.900. The van der Waals surface area contributed by atoms with Gasteiger partial charge >= 0.3 is 0 Å². The van der Waals surface area contributed by atoms with Crippen LogP contribution in [0.3, 0.4) is 0 Å². The van der Waals surface area contributed by atoms with Gasteiger partial charge in [0, 0.05) is 6.42 Å². The van der Waals surface area contributed by atoms with Crippen molar-refractivity contribution in [3.05, 3.63) is 11.7 Å². The molecular formula is C13H21N3O. The summed E-state index contributed by atoms with van der Waals surface area (Å²) in [6, 6.07) is 0.316. The highest BCUT2D eigenvalue weighted by atomic mass is 16.5. The summed E-state index contributed by atoms with van der Waals surface area (Å²) < 4.78 is 5.34. The Labute approximate surface area is 102 Å². The van der Waals surface area contributed by atoms with Crippen LogP contribution in [0.1, 0.15) is 62.7 Å². The molecule has 3 rings (SSSR count). The molecule has 1 atom stereocenters. The van der Waals surface area contributed by atoms with E-state index in [-0.39, 0.29) is 0 Å². The molecule has 0 radical (unpaired) electrons. The van der Waals surface area contributed by atoms with Crippen LogP contribution in [-0.2, 0) is 6.42 Å². The second kappa shape index (κ2) is 5.17. The number of rotatable bonds is 4. The molecular weight excluding hydrogens is 214 g/mol. The van der Waals surface area contributed by atoms with Crippen molar-refractivity contribution in [1.29, 1.82) is 0 Å². The Morgan fingerprint density at radius 1 is 1.18 bits per heavy atom. The maximum absolute atomic E-state index is 5.34. The first-order valence-corrected chi connectivity index (χ1v) is 6.97. The van der Waals surface area contributed by atoms with Gasteiger partial charge in [0.25, 0.3) is 0 Å². The van der Waals surface area contributed by atoms with E-state index in [0.717, 1.165) is 37.0 Å². The smallest absolute Gasteiger partial charge is 0.226 e. The van der Waals surface area contributed by atoms with Gasteiger partial charge in [-0.2, -0.15) is 4.98 Å². The van der Waals surface area contributed by atoms with Crippen molar-refractivity contribution in [2.24, 2.45) is 5.92 Å². The molecule has 1 aromatic rings. The largest absolute Gasteiger partial charge is 0.339 e. The Morgan fingerprint density at radius 2 is 2.12 bits per heavy atom. The van der Waals surface area contributed by atoms with Crippen molar-refractivity contribution in [2.45, 2.75) is 57.4 Å². The summed E-state index contributed by atoms with van der Waals surface area (Å²) in [5.41, 5.74) is 0. The lowest BCUT2D eigenvalue weighted by atomic mass is 10.1. The molecule has 94 valence electrons. The third kappa shape index (κ3) is 3.06. The van der Waals surface area contributed by atoms with Crippen LogP contribution in [0, 0.1) is 5.92 Å². The van der Waals surface area contributed by atoms with Gasteiger partial charge in [0.05, 0.1) is 6.04 Å². The second-order valence-corrected chi connectivity index (χ2v) is 5.38. The van der Waals surface area contributed by atoms with Gasteiger partial charge in [-0.15, -0.1) is 0 Å². The van der Waals surface area contributed by atoms with Gasteiger partial charge in [0.1, 0.15) is 0 Å². The fourth-order valence-electron chi connectivity index (χ4n) is 2.49. The van der Waals surface area contributed by atoms with Crippen LogP contribution in [0.4, 0.5) is 0 Å². The number of nitrogens with zero attached hydrogens (tertiary/aromatic N) is 2. The second-order valence-electron chi connectivity index (χ2n) is 5.38. The molecule has 2 aliphatic rings. The quantitative estimate of drug-likeness (QED) is 0.871. The normalized spacial score (nSPS) is 25.8. The summed E-state index contributed by atoms with van der Waals surface area (Å²) in [6.07, 6.45) is 9.96. The van der Waals surface area contributed by atoms with Crippen LogP contribution in [0.5, 0.6) is 0 Å². The zero-order valence-electron chi connectivity index (χ0n) is 10.3. The van der Waals surface area contributed by atoms with E-state index in [0.29, 0.717) is 6.04 Å². The SMILES string of the molecule is C1CCN[C@H](c2noc(CCC3CC3)n2)CC1. The van der Waals surface area contributed by atoms with Gasteiger partial charge in [0.15, 0.2) is 5.82 Å². The molecule has 4 heteroatoms. The van der Waals surface area contributed by atoms with Crippen molar-refractivity contribution in [2.75, 3.05) is 6.54 Å². The molecule has 0 aromatic carbocycles. The fraction of sp³-hybridized carbons (Fsp3) is 0.846. The summed E-state index contributed by atoms with van der Waals surface area (Å²) in [5.74, 6) is 2.64. The van der Waals surface area contributed by atoms with E-state index in [1.807, 2.05) is 0 Å². The number of aromatic nitrogens is 2. The van der Waals surface area contributed by atoms with Gasteiger partial charge in [-0.25, -0.2) is 0 Å². The van der Waals surface area contributed by atoms with Gasteiger partial charge in [-0.05, 0) is 31.7 Å². The summed E-state index contributed by atoms with van der Waals surface area (Å²) in [6.45, 7) is 1.08. The first kappa shape index (κ1) is 11.2. The van der Waals surface area contributed by atoms with Crippen LogP contribution in [-0.4, -0.2) is 16.7 Å². The van der Waals surface area contributed by atoms with E-state index < -0.39 is 0 Å². The molecule has 17 heavy (non-hydrogen) atoms. The lowest BCUT2D eigenvalue weighted by Crippen LogP contribution is -2.21. The number of nitrogens with one attached hydrogen (secondary N) is 1. The van der Waals surface area contributed by atoms with Crippen LogP contribution in [0.25, 0.3) is 0 Å². The third-order valence-electron chi connectivity index (χ3n) is 3.82. The number of aryl methyl sites for hydroxylation is 1. The maximum Gasteiger partial charge on any atom is 0.226 e. The summed E-state index contributed by atoms with van der Waals surface area (Å²) >= 11 is 0. The molecule has 1 saturated heterocycles. The molecule has 0 amide bonds. The van der Waals surface area contributed by atoms with Gasteiger partial charge < -0.3 is 9.84 Å². The Morgan fingerprint density at radius 3 is 3.00 bits per heavy atom. The summed E-state index contributed by atoms with van der Waals surface area (Å²) in [4.78, 5) is 4.54. The molecule has 0 bridgehead atoms. The topological polar surface area (TPSA) is 51.0 Å². The van der Waals surface area contributed by atoms with E-state index >= 15 is 0 Å². The van der Waals surface area contributed by atoms with Crippen LogP contribution >= 0.6 is 0 Å². The molecule has 0 unspecified atom stereocenters. The monoisotopic (exact) mass is 235 g/mol. The molecule has 1 N–H and O–H groups in total. The van der Waals surface area contributed by atoms with E-state index in [1.54, 1.807) is 0 Å². The molecule has 1 aliphatic carbocycles. The first-order valence-electron chi connectivity index (χ1n) is 6.97. The molecule has 2 fully saturated rings. The van der Waals surface area contributed by atoms with Crippen molar-refractivity contribution in [1.82, 2.24) is 15.5 Å². The van der Waals surface area contributed by atoms with Crippen molar-refractivity contribution < 1.29 is 4.52 Å². The van der Waals surface area contributed by atoms with Gasteiger partial charge in [-0.3, -0.25) is 0 Å². The Balaban J connectivity index is 1.57. The third-order valence-corrected chi connectivity index (χ3v) is 3.82. The average molecular weight is 235 g/mol. The van der Waals surface area contributed by atoms with Crippen molar-refractivity contribution >= 4 is 0 Å². The van der Waals surface area contributed by atoms with E-state index in [1.165, 1.54) is 38.5 Å². The fourth-order valence-corrected chi connectivity index (χ4v) is 2.49. The highest BCUT2D eigenvalue weighted by Crippen LogP contribution is 2.33. The lowest BCUT2D eigenvalue weighted by Gasteiger charge is -2.09. The first-order chi connectivity index (χ1) is 8.42. The molecule has 1 saturated carbocycles. The zero-order valence-corrected chi connectivity index (χ0v) is 10.3. The summed E-state index contributed by atoms with van der Waals surface area (Å²) in [5, 5.41) is 7.63. The minimum atomic E-state index is 0.316. The molecule has 2 heterocycles. The van der Waals surface area contributed by atoms with Crippen molar-refractivity contribution in [3.8, 4) is 0 Å². The summed E-state index contributed by atoms with van der Waals surface area (Å²) in [7, 11) is 0. The van der Waals surface area contributed by atoms with E-state index in [2.05, 4.69) is 15.5 Å². The minimum Gasteiger partial charge on any atom is -0.339 e. The predicted molar refractivity (Wildman–Crippen MR) is 64.6 cm³/mol. The number of hydrogen-bond donors (Lipinski definition) is 1. The van der Waals surface area contributed by atoms with Crippen LogP contribution in [0.15, 0.2) is 4.52 Å². The Bertz CT molecular complexity index is 351. The number of hydrogen-bond acceptors (Lipinski definition) is 4. The average Bonchev–Trinajstić information content (AvgIpc) is 3.12. The maximum atomic E-state index is 5.34. The molecule has 0 spiro atoms. The Kier molecular flexibility index (Phi) is 3.41. The van der Waals surface area contributed by atoms with Crippen LogP contribution in [0.2, 0.25) is 0 Å². The van der Waals surface area contributed by atoms with Gasteiger partial charge in [-0.1, -0.05) is 30.8 Å². The molecule has 4 nitrogen and oxygen atoms in total. The minimum absolute atomic E-state index is 0.316. The van der Waals surface area contributed by atoms with Gasteiger partial charge in [0.2, 0.25) is 5.89 Å². The highest BCUT2D eigenvalue weighted by molar-refractivity contribution is 4.95. The van der Waals surface area contributed by atoms with Crippen LogP contribution < -0.4 is 5.32 Å². The lowest BCUT2D eigenvalue weighted by molar-refractivity contribution is 0.359. The predicted octanol–water partition coefficient (Wildman–Crippen LogP) is 2.62. The van der Waals surface area contributed by atoms with Crippen molar-refractivity contribution in [3.63, 3.8) is 0 Å².